The van der Waals surface area contributed by atoms with Crippen LogP contribution in [0.4, 0.5) is 14.6 Å². The van der Waals surface area contributed by atoms with E-state index < -0.39 is 29.1 Å². The third-order valence-electron chi connectivity index (χ3n) is 7.93. The number of halogens is 3. The smallest absolute Gasteiger partial charge is 0.228 e. The van der Waals surface area contributed by atoms with E-state index >= 15 is 0 Å². The largest absolute Gasteiger partial charge is 0.384 e. The predicted octanol–water partition coefficient (Wildman–Crippen LogP) is 4.40. The zero-order valence-corrected chi connectivity index (χ0v) is 21.6. The van der Waals surface area contributed by atoms with E-state index in [4.69, 9.17) is 0 Å². The Morgan fingerprint density at radius 1 is 1.00 bits per heavy atom. The lowest BCUT2D eigenvalue weighted by Gasteiger charge is -2.48. The number of anilines is 1. The molecule has 6 nitrogen and oxygen atoms in total. The first-order valence-electron chi connectivity index (χ1n) is 12.3. The van der Waals surface area contributed by atoms with E-state index in [0.717, 1.165) is 11.6 Å². The van der Waals surface area contributed by atoms with Crippen LogP contribution in [0, 0.1) is 29.4 Å². The van der Waals surface area contributed by atoms with Gasteiger partial charge in [-0.2, -0.15) is 0 Å². The number of nitrogens with zero attached hydrogens (tertiary/aromatic N) is 4. The molecule has 1 N–H and O–H groups in total. The molecule has 1 aromatic heterocycles. The van der Waals surface area contributed by atoms with Gasteiger partial charge in [0.15, 0.2) is 0 Å². The Morgan fingerprint density at radius 2 is 1.70 bits per heavy atom. The van der Waals surface area contributed by atoms with Crippen LogP contribution in [0.1, 0.15) is 30.9 Å². The average molecular weight is 529 g/mol. The van der Waals surface area contributed by atoms with Crippen LogP contribution in [0.15, 0.2) is 67.1 Å². The van der Waals surface area contributed by atoms with Crippen molar-refractivity contribution >= 4 is 24.1 Å². The molecule has 5 rings (SSSR count). The monoisotopic (exact) mass is 528 g/mol. The molecule has 3 heterocycles. The number of aromatic nitrogens is 2. The van der Waals surface area contributed by atoms with Gasteiger partial charge >= 0.3 is 0 Å². The van der Waals surface area contributed by atoms with Crippen LogP contribution in [0.25, 0.3) is 0 Å². The first-order valence-corrected chi connectivity index (χ1v) is 12.3. The SMILES string of the molecule is C[C@@H]1CN(C(=O)[C@@H]2CN(c3ccncn3)C[C@H]2c2ccc(F)cc2F)C[C@H](C)[C@]1(O)c1ccccc1.Cl. The highest BCUT2D eigenvalue weighted by atomic mass is 35.5. The van der Waals surface area contributed by atoms with Crippen LogP contribution in [-0.2, 0) is 10.4 Å². The molecule has 196 valence electrons. The number of carbonyl (C=O) groups excluding carboxylic acids is 1. The fourth-order valence-corrected chi connectivity index (χ4v) is 6.02. The Kier molecular flexibility index (Phi) is 7.80. The highest BCUT2D eigenvalue weighted by Gasteiger charge is 2.49. The van der Waals surface area contributed by atoms with E-state index in [0.29, 0.717) is 37.6 Å². The molecule has 0 spiro atoms. The van der Waals surface area contributed by atoms with E-state index in [1.54, 1.807) is 17.2 Å². The van der Waals surface area contributed by atoms with Gasteiger partial charge in [-0.15, -0.1) is 12.4 Å². The highest BCUT2D eigenvalue weighted by Crippen LogP contribution is 2.43. The number of hydrogen-bond donors (Lipinski definition) is 1. The average Bonchev–Trinajstić information content (AvgIpc) is 3.32. The van der Waals surface area contributed by atoms with E-state index in [-0.39, 0.29) is 30.2 Å². The van der Waals surface area contributed by atoms with Gasteiger partial charge in [0, 0.05) is 56.2 Å². The van der Waals surface area contributed by atoms with Crippen LogP contribution in [-0.4, -0.2) is 52.1 Å². The Labute approximate surface area is 221 Å². The summed E-state index contributed by atoms with van der Waals surface area (Å²) in [6.07, 6.45) is 3.07. The number of benzene rings is 2. The summed E-state index contributed by atoms with van der Waals surface area (Å²) >= 11 is 0. The molecular formula is C28H31ClF2N4O2. The molecule has 3 aromatic rings. The zero-order chi connectivity index (χ0) is 25.4. The first-order chi connectivity index (χ1) is 17.3. The molecule has 0 unspecified atom stereocenters. The van der Waals surface area contributed by atoms with Gasteiger partial charge in [0.05, 0.1) is 11.5 Å². The second kappa shape index (κ2) is 10.7. The molecule has 2 fully saturated rings. The fraction of sp³-hybridized carbons (Fsp3) is 0.393. The summed E-state index contributed by atoms with van der Waals surface area (Å²) in [5.41, 5.74) is 0.118. The van der Waals surface area contributed by atoms with Gasteiger partial charge in [0.25, 0.3) is 0 Å². The number of rotatable bonds is 4. The van der Waals surface area contributed by atoms with Gasteiger partial charge in [-0.05, 0) is 23.3 Å². The number of hydrogen-bond acceptors (Lipinski definition) is 5. The van der Waals surface area contributed by atoms with E-state index in [1.165, 1.54) is 18.5 Å². The molecule has 2 aliphatic heterocycles. The Hall–Kier alpha value is -3.10. The lowest BCUT2D eigenvalue weighted by atomic mass is 9.70. The quantitative estimate of drug-likeness (QED) is 0.543. The van der Waals surface area contributed by atoms with Crippen molar-refractivity contribution in [2.75, 3.05) is 31.1 Å². The summed E-state index contributed by atoms with van der Waals surface area (Å²) in [6, 6.07) is 14.9. The van der Waals surface area contributed by atoms with Crippen LogP contribution in [0.3, 0.4) is 0 Å². The summed E-state index contributed by atoms with van der Waals surface area (Å²) in [5, 5.41) is 11.7. The second-order valence-corrected chi connectivity index (χ2v) is 10.1. The summed E-state index contributed by atoms with van der Waals surface area (Å²) in [6.45, 7) is 5.43. The molecule has 2 aliphatic rings. The molecule has 37 heavy (non-hydrogen) atoms. The van der Waals surface area contributed by atoms with Crippen molar-refractivity contribution in [1.29, 1.82) is 0 Å². The lowest BCUT2D eigenvalue weighted by molar-refractivity contribution is -0.152. The van der Waals surface area contributed by atoms with Crippen LogP contribution in [0.5, 0.6) is 0 Å². The molecule has 9 heteroatoms. The fourth-order valence-electron chi connectivity index (χ4n) is 6.02. The van der Waals surface area contributed by atoms with Gasteiger partial charge in [-0.25, -0.2) is 18.7 Å². The molecule has 5 atom stereocenters. The van der Waals surface area contributed by atoms with E-state index in [2.05, 4.69) is 9.97 Å². The van der Waals surface area contributed by atoms with Gasteiger partial charge in [0.1, 0.15) is 23.8 Å². The maximum absolute atomic E-state index is 14.9. The Bertz CT molecular complexity index is 1220. The highest BCUT2D eigenvalue weighted by molar-refractivity contribution is 5.85. The number of carbonyl (C=O) groups is 1. The minimum atomic E-state index is -1.05. The van der Waals surface area contributed by atoms with Gasteiger partial charge in [-0.1, -0.05) is 50.2 Å². The summed E-state index contributed by atoms with van der Waals surface area (Å²) < 4.78 is 28.5. The Balaban J connectivity index is 0.00000320. The molecule has 2 saturated heterocycles. The van der Waals surface area contributed by atoms with Crippen molar-refractivity contribution in [3.05, 3.63) is 89.9 Å². The van der Waals surface area contributed by atoms with Crippen LogP contribution < -0.4 is 4.90 Å². The minimum absolute atomic E-state index is 0. The van der Waals surface area contributed by atoms with Crippen molar-refractivity contribution in [1.82, 2.24) is 14.9 Å². The molecule has 0 saturated carbocycles. The molecule has 0 radical (unpaired) electrons. The Morgan fingerprint density at radius 3 is 2.32 bits per heavy atom. The predicted molar refractivity (Wildman–Crippen MR) is 139 cm³/mol. The van der Waals surface area contributed by atoms with Crippen LogP contribution in [0.2, 0.25) is 0 Å². The van der Waals surface area contributed by atoms with Gasteiger partial charge in [-0.3, -0.25) is 4.79 Å². The van der Waals surface area contributed by atoms with Crippen molar-refractivity contribution in [2.24, 2.45) is 17.8 Å². The number of piperidine rings is 1. The topological polar surface area (TPSA) is 69.6 Å². The van der Waals surface area contributed by atoms with Crippen LogP contribution >= 0.6 is 12.4 Å². The molecular weight excluding hydrogens is 498 g/mol. The summed E-state index contributed by atoms with van der Waals surface area (Å²) in [4.78, 5) is 26.0. The van der Waals surface area contributed by atoms with E-state index in [1.807, 2.05) is 49.1 Å². The van der Waals surface area contributed by atoms with Gasteiger partial charge in [0.2, 0.25) is 5.91 Å². The second-order valence-electron chi connectivity index (χ2n) is 10.1. The minimum Gasteiger partial charge on any atom is -0.384 e. The lowest BCUT2D eigenvalue weighted by Crippen LogP contribution is -2.57. The first kappa shape index (κ1) is 26.9. The standard InChI is InChI=1S/C28H30F2N4O2.ClH/c1-18-13-34(14-19(2)28(18,36)20-6-4-3-5-7-20)27(35)24-16-33(26-10-11-31-17-32-26)15-23(24)22-9-8-21(29)12-25(22)30;/h3-12,17-19,23-24,36H,13-16H2,1-2H3;1H/t18-,19+,23-,24+,28+;/m0./s1. The maximum atomic E-state index is 14.9. The third kappa shape index (κ3) is 4.92. The van der Waals surface area contributed by atoms with Crippen molar-refractivity contribution in [3.8, 4) is 0 Å². The summed E-state index contributed by atoms with van der Waals surface area (Å²) in [7, 11) is 0. The normalized spacial score (nSPS) is 27.6. The number of likely N-dealkylation sites (tertiary alicyclic amines) is 1. The van der Waals surface area contributed by atoms with Crippen molar-refractivity contribution < 1.29 is 18.7 Å². The van der Waals surface area contributed by atoms with Crippen molar-refractivity contribution in [2.45, 2.75) is 25.4 Å². The zero-order valence-electron chi connectivity index (χ0n) is 20.8. The summed E-state index contributed by atoms with van der Waals surface area (Å²) in [5.74, 6) is -2.14. The van der Waals surface area contributed by atoms with E-state index in [9.17, 15) is 18.7 Å². The maximum Gasteiger partial charge on any atom is 0.228 e. The number of amides is 1. The molecule has 0 aliphatic carbocycles. The van der Waals surface area contributed by atoms with Gasteiger partial charge < -0.3 is 14.9 Å². The molecule has 0 bridgehead atoms. The molecule has 1 amide bonds. The molecule has 2 aromatic carbocycles. The third-order valence-corrected chi connectivity index (χ3v) is 7.93. The van der Waals surface area contributed by atoms with Crippen molar-refractivity contribution in [3.63, 3.8) is 0 Å². The number of aliphatic hydroxyl groups is 1.